The maximum Gasteiger partial charge on any atom is 2.00 e. The van der Waals surface area contributed by atoms with Gasteiger partial charge in [-0.05, 0) is 89.9 Å². The van der Waals surface area contributed by atoms with E-state index in [0.29, 0.717) is 25.7 Å². The van der Waals surface area contributed by atoms with Gasteiger partial charge in [0.05, 0.1) is 0 Å². The van der Waals surface area contributed by atoms with Crippen molar-refractivity contribution < 1.29 is 38.9 Å². The molecule has 0 aliphatic heterocycles. The van der Waals surface area contributed by atoms with Crippen molar-refractivity contribution in [2.45, 2.75) is 412 Å². The smallest absolute Gasteiger partial charge is 0.550 e. The van der Waals surface area contributed by atoms with Gasteiger partial charge in [-0.2, -0.15) is 0 Å². The van der Waals surface area contributed by atoms with E-state index in [1.165, 1.54) is 231 Å². The summed E-state index contributed by atoms with van der Waals surface area (Å²) in [7, 11) is 0. The molecule has 77 heavy (non-hydrogen) atoms. The molecule has 8 nitrogen and oxygen atoms in total. The molecule has 0 aliphatic carbocycles. The summed E-state index contributed by atoms with van der Waals surface area (Å²) in [5.41, 5.74) is 0. The van der Waals surface area contributed by atoms with E-state index < -0.39 is 11.9 Å². The molecule has 0 N–H and O–H groups in total. The van der Waals surface area contributed by atoms with Crippen LogP contribution in [-0.4, -0.2) is 73.8 Å². The molecule has 0 saturated heterocycles. The zero-order valence-electron chi connectivity index (χ0n) is 52.1. The fraction of sp³-hybridized carbons (Fsp3) is 0.941. The summed E-state index contributed by atoms with van der Waals surface area (Å²) < 4.78 is 11.8. The fourth-order valence-corrected chi connectivity index (χ4v) is 10.6. The van der Waals surface area contributed by atoms with Gasteiger partial charge in [0, 0.05) is 24.8 Å². The number of esters is 2. The van der Waals surface area contributed by atoms with Crippen LogP contribution in [0.25, 0.3) is 0 Å². The third-order valence-corrected chi connectivity index (χ3v) is 15.6. The van der Waals surface area contributed by atoms with E-state index in [0.717, 1.165) is 103 Å². The summed E-state index contributed by atoms with van der Waals surface area (Å²) in [6.07, 6.45) is 67.1. The second kappa shape index (κ2) is 69.4. The van der Waals surface area contributed by atoms with Crippen molar-refractivity contribution in [3.05, 3.63) is 0 Å². The van der Waals surface area contributed by atoms with Crippen LogP contribution in [0.15, 0.2) is 0 Å². The van der Waals surface area contributed by atoms with Crippen LogP contribution < -0.4 is 10.2 Å². The molecule has 0 radical (unpaired) electrons. The number of carboxylic acid groups (broad SMARTS) is 2. The van der Waals surface area contributed by atoms with Crippen molar-refractivity contribution in [2.24, 2.45) is 0 Å². The van der Waals surface area contributed by atoms with Crippen LogP contribution in [0.1, 0.15) is 400 Å². The average molecular weight is 1120 g/mol. The number of carbonyl (C=O) groups excluding carboxylic acids is 4. The Kier molecular flexibility index (Phi) is 72.4. The molecule has 9 heteroatoms. The first kappa shape index (κ1) is 80.4. The normalized spacial score (nSPS) is 11.9. The van der Waals surface area contributed by atoms with E-state index in [1.807, 2.05) is 0 Å². The summed E-state index contributed by atoms with van der Waals surface area (Å²) in [5.74, 6) is -1.96. The maximum absolute atomic E-state index is 12.5. The van der Waals surface area contributed by atoms with Crippen molar-refractivity contribution in [3.8, 4) is 0 Å². The van der Waals surface area contributed by atoms with Crippen molar-refractivity contribution in [3.63, 3.8) is 0 Å². The molecule has 0 aromatic heterocycles. The average Bonchev–Trinajstić information content (AvgIpc) is 3.40. The van der Waals surface area contributed by atoms with Crippen LogP contribution >= 0.6 is 0 Å². The Bertz CT molecular complexity index is 1110. The van der Waals surface area contributed by atoms with E-state index in [1.54, 1.807) is 0 Å². The maximum atomic E-state index is 12.5. The number of hydrogen-bond acceptors (Lipinski definition) is 8. The quantitative estimate of drug-likeness (QED) is 0.0334. The SMILES string of the molecule is CCCCCCCCCCCCCCCC(=O)OC(CCCCCCCCCC)CCCCCCC(=O)[O-].CCCCCCCCCCCCCCCC(=O)OC(CCCCCCCCCC)CCCCCCC(=O)[O-].[Ca+2]. The van der Waals surface area contributed by atoms with Gasteiger partial charge in [0.1, 0.15) is 12.2 Å². The Morgan fingerprint density at radius 3 is 0.584 bits per heavy atom. The molecule has 0 saturated carbocycles. The molecule has 0 aromatic carbocycles. The molecule has 2 atom stereocenters. The van der Waals surface area contributed by atoms with Crippen molar-refractivity contribution >= 4 is 61.6 Å². The largest absolute Gasteiger partial charge is 2.00 e. The Morgan fingerprint density at radius 1 is 0.247 bits per heavy atom. The van der Waals surface area contributed by atoms with Crippen LogP contribution in [0.4, 0.5) is 0 Å². The molecular formula is C68H130CaO8. The van der Waals surface area contributed by atoms with Gasteiger partial charge in [-0.1, -0.05) is 297 Å². The predicted molar refractivity (Wildman–Crippen MR) is 326 cm³/mol. The Balaban J connectivity index is -0.00000140. The first-order valence-electron chi connectivity index (χ1n) is 34.0. The third kappa shape index (κ3) is 71.2. The topological polar surface area (TPSA) is 133 Å². The van der Waals surface area contributed by atoms with Gasteiger partial charge < -0.3 is 29.3 Å². The number of carbonyl (C=O) groups is 4. The second-order valence-corrected chi connectivity index (χ2v) is 23.4. The number of unbranched alkanes of at least 4 members (excludes halogenated alkanes) is 44. The molecule has 2 unspecified atom stereocenters. The van der Waals surface area contributed by atoms with E-state index in [-0.39, 0.29) is 74.7 Å². The number of aliphatic carboxylic acids is 2. The van der Waals surface area contributed by atoms with Gasteiger partial charge in [-0.25, -0.2) is 0 Å². The monoisotopic (exact) mass is 1110 g/mol. The van der Waals surface area contributed by atoms with Crippen LogP contribution in [0, 0.1) is 0 Å². The van der Waals surface area contributed by atoms with Gasteiger partial charge in [0.15, 0.2) is 0 Å². The van der Waals surface area contributed by atoms with Gasteiger partial charge in [0.2, 0.25) is 0 Å². The van der Waals surface area contributed by atoms with E-state index >= 15 is 0 Å². The molecule has 0 spiro atoms. The number of ether oxygens (including phenoxy) is 2. The minimum atomic E-state index is -0.959. The Hall–Kier alpha value is -0.860. The fourth-order valence-electron chi connectivity index (χ4n) is 10.6. The summed E-state index contributed by atoms with van der Waals surface area (Å²) in [6.45, 7) is 9.05. The molecule has 0 aromatic rings. The van der Waals surface area contributed by atoms with Crippen LogP contribution in [0.2, 0.25) is 0 Å². The first-order valence-corrected chi connectivity index (χ1v) is 34.0. The minimum Gasteiger partial charge on any atom is -0.550 e. The van der Waals surface area contributed by atoms with E-state index in [2.05, 4.69) is 27.7 Å². The second-order valence-electron chi connectivity index (χ2n) is 23.4. The van der Waals surface area contributed by atoms with E-state index in [4.69, 9.17) is 9.47 Å². The zero-order chi connectivity index (χ0) is 55.9. The molecule has 0 fully saturated rings. The number of rotatable bonds is 62. The Morgan fingerprint density at radius 2 is 0.403 bits per heavy atom. The molecular weight excluding hydrogens is 985 g/mol. The molecule has 0 rings (SSSR count). The van der Waals surface area contributed by atoms with Gasteiger partial charge >= 0.3 is 49.7 Å². The summed E-state index contributed by atoms with van der Waals surface area (Å²) in [5, 5.41) is 21.1. The van der Waals surface area contributed by atoms with Crippen molar-refractivity contribution in [2.75, 3.05) is 0 Å². The van der Waals surface area contributed by atoms with Crippen molar-refractivity contribution in [1.29, 1.82) is 0 Å². The predicted octanol–water partition coefficient (Wildman–Crippen LogP) is 19.6. The van der Waals surface area contributed by atoms with Gasteiger partial charge in [-0.3, -0.25) is 9.59 Å². The van der Waals surface area contributed by atoms with Crippen molar-refractivity contribution in [1.82, 2.24) is 0 Å². The van der Waals surface area contributed by atoms with Gasteiger partial charge in [-0.15, -0.1) is 0 Å². The number of hydrogen-bond donors (Lipinski definition) is 0. The first-order chi connectivity index (χ1) is 37.2. The van der Waals surface area contributed by atoms with Crippen LogP contribution in [0.3, 0.4) is 0 Å². The summed E-state index contributed by atoms with van der Waals surface area (Å²) in [6, 6.07) is 0. The third-order valence-electron chi connectivity index (χ3n) is 15.6. The summed E-state index contributed by atoms with van der Waals surface area (Å²) >= 11 is 0. The molecule has 0 heterocycles. The molecule has 452 valence electrons. The Labute approximate surface area is 509 Å². The van der Waals surface area contributed by atoms with Gasteiger partial charge in [0.25, 0.3) is 0 Å². The molecule has 0 amide bonds. The van der Waals surface area contributed by atoms with E-state index in [9.17, 15) is 29.4 Å². The molecule has 0 bridgehead atoms. The minimum absolute atomic E-state index is 0. The van der Waals surface area contributed by atoms with Crippen LogP contribution in [-0.2, 0) is 28.7 Å². The summed E-state index contributed by atoms with van der Waals surface area (Å²) in [4.78, 5) is 46.2. The molecule has 0 aliphatic rings. The standard InChI is InChI=1S/2C34H66O4.Ca/c2*1-3-5-7-9-11-13-14-15-16-17-19-21-27-31-34(37)38-32(29-25-22-23-26-30-33(35)36)28-24-20-18-12-10-8-6-4-2;/h2*32H,3-31H2,1-2H3,(H,35,36);/q;;+2/p-2. The number of carboxylic acids is 2. The zero-order valence-corrected chi connectivity index (χ0v) is 54.3. The van der Waals surface area contributed by atoms with Crippen LogP contribution in [0.5, 0.6) is 0 Å².